The molecule has 0 bridgehead atoms. The van der Waals surface area contributed by atoms with Gasteiger partial charge in [0, 0.05) is 40.4 Å². The second-order valence-corrected chi connectivity index (χ2v) is 2.89. The molecule has 0 saturated heterocycles. The van der Waals surface area contributed by atoms with Gasteiger partial charge >= 0.3 is 0 Å². The zero-order valence-corrected chi connectivity index (χ0v) is 11.7. The van der Waals surface area contributed by atoms with Gasteiger partial charge in [-0.25, -0.2) is 0 Å². The topological polar surface area (TPSA) is 161 Å². The van der Waals surface area contributed by atoms with Crippen molar-refractivity contribution in [3.05, 3.63) is 0 Å². The summed E-state index contributed by atoms with van der Waals surface area (Å²) in [6.07, 6.45) is 0. The van der Waals surface area contributed by atoms with Crippen LogP contribution >= 0.6 is 0 Å². The molecule has 0 heterocycles. The number of likely N-dealkylation sites (N-methyl/N-ethyl adjacent to an activating group) is 1. The van der Waals surface area contributed by atoms with Crippen molar-refractivity contribution in [1.82, 2.24) is 5.06 Å². The molecule has 19 heavy (non-hydrogen) atoms. The van der Waals surface area contributed by atoms with E-state index >= 15 is 0 Å². The number of nitrogens with zero attached hydrogens (tertiary/aromatic N) is 1. The monoisotopic (exact) mass is 284 g/mol. The summed E-state index contributed by atoms with van der Waals surface area (Å²) in [6, 6.07) is 0. The standard InChI is InChI=1S/C4H12N2O.3C2H4O2/c1-2-6(7)4-3-5;3*1-2(3)4/h7H,2-5H2,1H3;3*1H3,(H,3,4). The Kier molecular flexibility index (Phi) is 29.5. The Hall–Kier alpha value is -1.71. The molecule has 9 nitrogen and oxygen atoms in total. The van der Waals surface area contributed by atoms with Gasteiger partial charge in [-0.1, -0.05) is 6.92 Å². The maximum absolute atomic E-state index is 9.00. The minimum Gasteiger partial charge on any atom is -0.481 e. The quantitative estimate of drug-likeness (QED) is 0.446. The number of carboxylic acids is 3. The van der Waals surface area contributed by atoms with Gasteiger partial charge in [-0.3, -0.25) is 14.4 Å². The highest BCUT2D eigenvalue weighted by molar-refractivity contribution is 5.63. The highest BCUT2D eigenvalue weighted by Crippen LogP contribution is 1.73. The molecule has 0 aromatic rings. The van der Waals surface area contributed by atoms with Crippen LogP contribution in [0, 0.1) is 0 Å². The first-order chi connectivity index (χ1) is 8.50. The molecule has 0 aliphatic heterocycles. The first-order valence-corrected chi connectivity index (χ1v) is 5.23. The molecule has 0 rings (SSSR count). The van der Waals surface area contributed by atoms with Crippen LogP contribution in [0.2, 0.25) is 0 Å². The molecular formula is C10H24N2O7. The van der Waals surface area contributed by atoms with E-state index in [2.05, 4.69) is 0 Å². The lowest BCUT2D eigenvalue weighted by Gasteiger charge is -2.07. The third-order valence-electron chi connectivity index (χ3n) is 0.752. The predicted molar refractivity (Wildman–Crippen MR) is 68.0 cm³/mol. The van der Waals surface area contributed by atoms with Crippen molar-refractivity contribution in [1.29, 1.82) is 0 Å². The van der Waals surface area contributed by atoms with E-state index in [-0.39, 0.29) is 0 Å². The van der Waals surface area contributed by atoms with E-state index in [1.54, 1.807) is 0 Å². The van der Waals surface area contributed by atoms with Gasteiger partial charge in [0.05, 0.1) is 0 Å². The van der Waals surface area contributed by atoms with Gasteiger partial charge in [0.15, 0.2) is 0 Å². The fourth-order valence-corrected chi connectivity index (χ4v) is 0.307. The molecule has 0 saturated carbocycles. The summed E-state index contributed by atoms with van der Waals surface area (Å²) in [5.74, 6) is -2.50. The van der Waals surface area contributed by atoms with Gasteiger partial charge in [-0.05, 0) is 0 Å². The number of carboxylic acid groups (broad SMARTS) is 3. The van der Waals surface area contributed by atoms with Crippen molar-refractivity contribution >= 4 is 17.9 Å². The Balaban J connectivity index is -0.0000000825. The summed E-state index contributed by atoms with van der Waals surface area (Å²) in [5.41, 5.74) is 5.10. The Labute approximate surface area is 112 Å². The van der Waals surface area contributed by atoms with Crippen molar-refractivity contribution in [2.24, 2.45) is 5.73 Å². The van der Waals surface area contributed by atoms with E-state index in [0.29, 0.717) is 19.6 Å². The predicted octanol–water partition coefficient (Wildman–Crippen LogP) is -0.0711. The summed E-state index contributed by atoms with van der Waals surface area (Å²) < 4.78 is 0. The van der Waals surface area contributed by atoms with Gasteiger partial charge in [0.25, 0.3) is 17.9 Å². The van der Waals surface area contributed by atoms with Crippen LogP contribution in [0.25, 0.3) is 0 Å². The maximum Gasteiger partial charge on any atom is 0.300 e. The third-order valence-corrected chi connectivity index (χ3v) is 0.752. The van der Waals surface area contributed by atoms with Crippen molar-refractivity contribution in [3.8, 4) is 0 Å². The van der Waals surface area contributed by atoms with Gasteiger partial charge < -0.3 is 26.3 Å². The fraction of sp³-hybridized carbons (Fsp3) is 0.700. The minimum atomic E-state index is -0.833. The zero-order valence-electron chi connectivity index (χ0n) is 11.7. The lowest BCUT2D eigenvalue weighted by molar-refractivity contribution is -0.135. The van der Waals surface area contributed by atoms with E-state index < -0.39 is 17.9 Å². The van der Waals surface area contributed by atoms with Gasteiger partial charge in [0.1, 0.15) is 0 Å². The van der Waals surface area contributed by atoms with E-state index in [4.69, 9.17) is 40.6 Å². The molecule has 0 fully saturated rings. The fourth-order valence-electron chi connectivity index (χ4n) is 0.307. The lowest BCUT2D eigenvalue weighted by Crippen LogP contribution is -2.25. The molecule has 0 aliphatic rings. The Morgan fingerprint density at radius 1 is 0.947 bits per heavy atom. The first-order valence-electron chi connectivity index (χ1n) is 5.23. The Bertz CT molecular complexity index is 193. The first kappa shape index (κ1) is 26.0. The van der Waals surface area contributed by atoms with Crippen LogP contribution in [-0.2, 0) is 14.4 Å². The normalized spacial score (nSPS) is 7.74. The van der Waals surface area contributed by atoms with Crippen LogP contribution in [-0.4, -0.2) is 63.1 Å². The second kappa shape index (κ2) is 21.6. The molecule has 0 aromatic carbocycles. The van der Waals surface area contributed by atoms with Crippen molar-refractivity contribution in [2.75, 3.05) is 19.6 Å². The van der Waals surface area contributed by atoms with Gasteiger partial charge in [-0.15, -0.1) is 0 Å². The average Bonchev–Trinajstić information content (AvgIpc) is 2.15. The average molecular weight is 284 g/mol. The van der Waals surface area contributed by atoms with Crippen molar-refractivity contribution in [2.45, 2.75) is 27.7 Å². The van der Waals surface area contributed by atoms with Crippen molar-refractivity contribution in [3.63, 3.8) is 0 Å². The molecule has 0 aromatic heterocycles. The summed E-state index contributed by atoms with van der Waals surface area (Å²) in [5, 5.41) is 32.0. The summed E-state index contributed by atoms with van der Waals surface area (Å²) >= 11 is 0. The number of nitrogens with two attached hydrogens (primary N) is 1. The molecule has 9 heteroatoms. The number of carbonyl (C=O) groups is 3. The van der Waals surface area contributed by atoms with Crippen molar-refractivity contribution < 1.29 is 34.9 Å². The SMILES string of the molecule is CC(=O)O.CC(=O)O.CC(=O)O.CCN(O)CCN. The summed E-state index contributed by atoms with van der Waals surface area (Å²) in [6.45, 7) is 6.85. The van der Waals surface area contributed by atoms with Gasteiger partial charge in [0.2, 0.25) is 0 Å². The largest absolute Gasteiger partial charge is 0.481 e. The molecule has 0 aliphatic carbocycles. The second-order valence-electron chi connectivity index (χ2n) is 2.89. The van der Waals surface area contributed by atoms with Crippen LogP contribution in [0.3, 0.4) is 0 Å². The molecule has 0 spiro atoms. The highest BCUT2D eigenvalue weighted by atomic mass is 16.5. The third kappa shape index (κ3) is 307. The maximum atomic E-state index is 9.00. The lowest BCUT2D eigenvalue weighted by atomic mass is 10.6. The van der Waals surface area contributed by atoms with Gasteiger partial charge in [-0.2, -0.15) is 5.06 Å². The molecule has 0 unspecified atom stereocenters. The number of hydrogen-bond acceptors (Lipinski definition) is 6. The van der Waals surface area contributed by atoms with Crippen LogP contribution in [0.4, 0.5) is 0 Å². The highest BCUT2D eigenvalue weighted by Gasteiger charge is 1.89. The summed E-state index contributed by atoms with van der Waals surface area (Å²) in [7, 11) is 0. The number of hydrogen-bond donors (Lipinski definition) is 5. The van der Waals surface area contributed by atoms with E-state index in [9.17, 15) is 0 Å². The zero-order chi connectivity index (χ0) is 16.4. The van der Waals surface area contributed by atoms with E-state index in [0.717, 1.165) is 20.8 Å². The number of aliphatic carboxylic acids is 3. The molecule has 0 atom stereocenters. The van der Waals surface area contributed by atoms with E-state index in [1.165, 1.54) is 5.06 Å². The smallest absolute Gasteiger partial charge is 0.300 e. The Morgan fingerprint density at radius 3 is 1.21 bits per heavy atom. The van der Waals surface area contributed by atoms with Crippen LogP contribution < -0.4 is 5.73 Å². The minimum absolute atomic E-state index is 0.518. The molecule has 116 valence electrons. The Morgan fingerprint density at radius 2 is 1.16 bits per heavy atom. The van der Waals surface area contributed by atoms with Crippen LogP contribution in [0.1, 0.15) is 27.7 Å². The summed E-state index contributed by atoms with van der Waals surface area (Å²) in [4.78, 5) is 27.0. The molecular weight excluding hydrogens is 260 g/mol. The molecule has 6 N–H and O–H groups in total. The van der Waals surface area contributed by atoms with Crippen LogP contribution in [0.5, 0.6) is 0 Å². The van der Waals surface area contributed by atoms with E-state index in [1.807, 2.05) is 6.92 Å². The van der Waals surface area contributed by atoms with Crippen LogP contribution in [0.15, 0.2) is 0 Å². The number of hydroxylamine groups is 2. The molecule has 0 amide bonds. The number of rotatable bonds is 3. The molecule has 0 radical (unpaired) electrons.